The van der Waals surface area contributed by atoms with Crippen molar-refractivity contribution < 1.29 is 14.2 Å². The summed E-state index contributed by atoms with van der Waals surface area (Å²) in [6, 6.07) is 25.1. The van der Waals surface area contributed by atoms with Gasteiger partial charge in [0.05, 0.1) is 19.8 Å². The molecule has 0 saturated heterocycles. The molecule has 0 fully saturated rings. The van der Waals surface area contributed by atoms with Crippen LogP contribution in [0.25, 0.3) is 0 Å². The largest absolute Gasteiger partial charge is 0.467 e. The molecular formula is C25H28O3. The molecule has 3 heteroatoms. The van der Waals surface area contributed by atoms with Crippen LogP contribution in [0.5, 0.6) is 5.75 Å². The molecule has 0 N–H and O–H groups in total. The minimum Gasteiger partial charge on any atom is -0.467 e. The van der Waals surface area contributed by atoms with Gasteiger partial charge in [0, 0.05) is 0 Å². The maximum Gasteiger partial charge on any atom is 0.189 e. The molecule has 3 rings (SSSR count). The second-order valence-electron chi connectivity index (χ2n) is 6.91. The molecule has 0 aliphatic rings. The second kappa shape index (κ2) is 10.6. The number of benzene rings is 3. The average Bonchev–Trinajstić information content (AvgIpc) is 2.71. The first-order valence-corrected chi connectivity index (χ1v) is 9.68. The predicted octanol–water partition coefficient (Wildman–Crippen LogP) is 5.46. The predicted molar refractivity (Wildman–Crippen MR) is 113 cm³/mol. The van der Waals surface area contributed by atoms with E-state index in [0.29, 0.717) is 19.8 Å². The number of aryl methyl sites for hydroxylation is 2. The van der Waals surface area contributed by atoms with Crippen LogP contribution in [-0.4, -0.2) is 20.0 Å². The van der Waals surface area contributed by atoms with Crippen LogP contribution in [-0.2, 0) is 22.5 Å². The zero-order valence-electron chi connectivity index (χ0n) is 16.7. The molecule has 3 nitrogen and oxygen atoms in total. The van der Waals surface area contributed by atoms with Gasteiger partial charge in [-0.2, -0.15) is 0 Å². The van der Waals surface area contributed by atoms with E-state index in [4.69, 9.17) is 14.2 Å². The van der Waals surface area contributed by atoms with E-state index in [1.165, 1.54) is 22.3 Å². The average molecular weight is 376 g/mol. The van der Waals surface area contributed by atoms with Crippen LogP contribution in [0, 0.1) is 13.8 Å². The second-order valence-corrected chi connectivity index (χ2v) is 6.91. The zero-order chi connectivity index (χ0) is 19.6. The van der Waals surface area contributed by atoms with E-state index in [1.54, 1.807) is 0 Å². The van der Waals surface area contributed by atoms with E-state index in [1.807, 2.05) is 31.2 Å². The highest BCUT2D eigenvalue weighted by Gasteiger charge is 2.01. The summed E-state index contributed by atoms with van der Waals surface area (Å²) < 4.78 is 16.8. The summed E-state index contributed by atoms with van der Waals surface area (Å²) in [5, 5.41) is 0. The van der Waals surface area contributed by atoms with Crippen LogP contribution in [0.2, 0.25) is 0 Å². The summed E-state index contributed by atoms with van der Waals surface area (Å²) >= 11 is 0. The van der Waals surface area contributed by atoms with E-state index < -0.39 is 0 Å². The Labute approximate surface area is 167 Å². The summed E-state index contributed by atoms with van der Waals surface area (Å²) in [4.78, 5) is 0. The molecule has 0 aliphatic carbocycles. The van der Waals surface area contributed by atoms with Gasteiger partial charge in [-0.3, -0.25) is 0 Å². The summed E-state index contributed by atoms with van der Waals surface area (Å²) in [7, 11) is 0. The van der Waals surface area contributed by atoms with Gasteiger partial charge >= 0.3 is 0 Å². The monoisotopic (exact) mass is 376 g/mol. The fraction of sp³-hybridized carbons (Fsp3) is 0.280. The highest BCUT2D eigenvalue weighted by Crippen LogP contribution is 2.16. The summed E-state index contributed by atoms with van der Waals surface area (Å²) in [6.45, 7) is 6.06. The topological polar surface area (TPSA) is 27.7 Å². The minimum atomic E-state index is 0.238. The van der Waals surface area contributed by atoms with Crippen LogP contribution in [0.4, 0.5) is 0 Å². The maximum absolute atomic E-state index is 5.69. The van der Waals surface area contributed by atoms with E-state index in [-0.39, 0.29) is 6.79 Å². The van der Waals surface area contributed by atoms with Gasteiger partial charge in [0.2, 0.25) is 0 Å². The Hall–Kier alpha value is -2.62. The van der Waals surface area contributed by atoms with Gasteiger partial charge in [-0.25, -0.2) is 0 Å². The molecule has 0 saturated carbocycles. The van der Waals surface area contributed by atoms with Gasteiger partial charge in [-0.1, -0.05) is 66.7 Å². The van der Waals surface area contributed by atoms with Crippen molar-refractivity contribution in [2.24, 2.45) is 0 Å². The SMILES string of the molecule is Cc1ccccc1Cc1ccc(COCCOCOc2ccccc2C)cc1. The van der Waals surface area contributed by atoms with Gasteiger partial charge in [0.15, 0.2) is 6.79 Å². The molecule has 0 radical (unpaired) electrons. The fourth-order valence-corrected chi connectivity index (χ4v) is 2.97. The highest BCUT2D eigenvalue weighted by atomic mass is 16.7. The fourth-order valence-electron chi connectivity index (χ4n) is 2.97. The maximum atomic E-state index is 5.69. The molecule has 3 aromatic carbocycles. The molecule has 0 atom stereocenters. The van der Waals surface area contributed by atoms with E-state index in [0.717, 1.165) is 17.7 Å². The number of para-hydroxylation sites is 1. The summed E-state index contributed by atoms with van der Waals surface area (Å²) in [6.07, 6.45) is 0.961. The normalized spacial score (nSPS) is 10.8. The summed E-state index contributed by atoms with van der Waals surface area (Å²) in [5.41, 5.74) is 6.30. The van der Waals surface area contributed by atoms with Crippen molar-refractivity contribution in [2.75, 3.05) is 20.0 Å². The summed E-state index contributed by atoms with van der Waals surface area (Å²) in [5.74, 6) is 0.856. The standard InChI is InChI=1S/C25H28O3/c1-20-7-3-5-9-24(20)17-22-11-13-23(14-12-22)18-26-15-16-27-19-28-25-10-6-4-8-21(25)2/h3-14H,15-19H2,1-2H3. The molecule has 0 amide bonds. The van der Waals surface area contributed by atoms with E-state index in [9.17, 15) is 0 Å². The molecule has 0 bridgehead atoms. The van der Waals surface area contributed by atoms with Crippen molar-refractivity contribution in [3.05, 3.63) is 101 Å². The van der Waals surface area contributed by atoms with Crippen LogP contribution in [0.1, 0.15) is 27.8 Å². The lowest BCUT2D eigenvalue weighted by Crippen LogP contribution is -2.09. The smallest absolute Gasteiger partial charge is 0.189 e. The lowest BCUT2D eigenvalue weighted by molar-refractivity contribution is -0.0202. The van der Waals surface area contributed by atoms with Gasteiger partial charge in [-0.05, 0) is 54.2 Å². The van der Waals surface area contributed by atoms with E-state index >= 15 is 0 Å². The van der Waals surface area contributed by atoms with Crippen LogP contribution >= 0.6 is 0 Å². The molecule has 28 heavy (non-hydrogen) atoms. The first kappa shape index (κ1) is 20.1. The molecule has 0 aliphatic heterocycles. The van der Waals surface area contributed by atoms with Crippen molar-refractivity contribution in [3.8, 4) is 5.75 Å². The Kier molecular flexibility index (Phi) is 7.65. The third-order valence-corrected chi connectivity index (χ3v) is 4.71. The lowest BCUT2D eigenvalue weighted by Gasteiger charge is -2.10. The Morgan fingerprint density at radius 3 is 2.04 bits per heavy atom. The lowest BCUT2D eigenvalue weighted by atomic mass is 10.00. The highest BCUT2D eigenvalue weighted by molar-refractivity contribution is 5.33. The van der Waals surface area contributed by atoms with Gasteiger partial charge in [-0.15, -0.1) is 0 Å². The molecule has 0 spiro atoms. The van der Waals surface area contributed by atoms with Gasteiger partial charge in [0.25, 0.3) is 0 Å². The van der Waals surface area contributed by atoms with Crippen molar-refractivity contribution in [1.29, 1.82) is 0 Å². The zero-order valence-corrected chi connectivity index (χ0v) is 16.7. The van der Waals surface area contributed by atoms with Crippen LogP contribution in [0.15, 0.2) is 72.8 Å². The van der Waals surface area contributed by atoms with Crippen LogP contribution in [0.3, 0.4) is 0 Å². The van der Waals surface area contributed by atoms with Crippen molar-refractivity contribution in [1.82, 2.24) is 0 Å². The number of hydrogen-bond acceptors (Lipinski definition) is 3. The van der Waals surface area contributed by atoms with E-state index in [2.05, 4.69) is 55.5 Å². The Balaban J connectivity index is 1.32. The van der Waals surface area contributed by atoms with Gasteiger partial charge in [0.1, 0.15) is 5.75 Å². The molecular weight excluding hydrogens is 348 g/mol. The number of hydrogen-bond donors (Lipinski definition) is 0. The van der Waals surface area contributed by atoms with Gasteiger partial charge < -0.3 is 14.2 Å². The molecule has 0 unspecified atom stereocenters. The molecule has 0 heterocycles. The minimum absolute atomic E-state index is 0.238. The van der Waals surface area contributed by atoms with Crippen molar-refractivity contribution >= 4 is 0 Å². The number of ether oxygens (including phenoxy) is 3. The Morgan fingerprint density at radius 1 is 0.643 bits per heavy atom. The molecule has 0 aromatic heterocycles. The third kappa shape index (κ3) is 6.22. The quantitative estimate of drug-likeness (QED) is 0.347. The van der Waals surface area contributed by atoms with Crippen molar-refractivity contribution in [3.63, 3.8) is 0 Å². The van der Waals surface area contributed by atoms with Crippen molar-refractivity contribution in [2.45, 2.75) is 26.9 Å². The Morgan fingerprint density at radius 2 is 1.29 bits per heavy atom. The molecule has 146 valence electrons. The van der Waals surface area contributed by atoms with Crippen LogP contribution < -0.4 is 4.74 Å². The molecule has 3 aromatic rings. The Bertz CT molecular complexity index is 856. The first-order valence-electron chi connectivity index (χ1n) is 9.68. The third-order valence-electron chi connectivity index (χ3n) is 4.71. The first-order chi connectivity index (χ1) is 13.7. The number of rotatable bonds is 10.